The van der Waals surface area contributed by atoms with Gasteiger partial charge >= 0.3 is 0 Å². The summed E-state index contributed by atoms with van der Waals surface area (Å²) in [7, 11) is 1.56. The Kier molecular flexibility index (Phi) is 2.41. The van der Waals surface area contributed by atoms with E-state index in [0.29, 0.717) is 16.9 Å². The zero-order valence-corrected chi connectivity index (χ0v) is 7.72. The lowest BCUT2D eigenvalue weighted by Crippen LogP contribution is -2.20. The molecule has 0 radical (unpaired) electrons. The van der Waals surface area contributed by atoms with E-state index in [1.165, 1.54) is 0 Å². The van der Waals surface area contributed by atoms with Gasteiger partial charge < -0.3 is 16.8 Å². The van der Waals surface area contributed by atoms with Gasteiger partial charge in [-0.05, 0) is 24.6 Å². The van der Waals surface area contributed by atoms with Crippen molar-refractivity contribution in [2.45, 2.75) is 6.92 Å². The van der Waals surface area contributed by atoms with Crippen molar-refractivity contribution < 1.29 is 4.79 Å². The Morgan fingerprint density at radius 3 is 2.54 bits per heavy atom. The number of benzene rings is 1. The van der Waals surface area contributed by atoms with Gasteiger partial charge in [-0.25, -0.2) is 0 Å². The van der Waals surface area contributed by atoms with Crippen LogP contribution in [0.4, 0.5) is 11.4 Å². The van der Waals surface area contributed by atoms with Crippen LogP contribution in [0.1, 0.15) is 15.9 Å². The lowest BCUT2D eigenvalue weighted by molar-refractivity contribution is 0.0964. The summed E-state index contributed by atoms with van der Waals surface area (Å²) in [5.41, 5.74) is 13.4. The number of nitrogens with two attached hydrogens (primary N) is 2. The second-order valence-corrected chi connectivity index (χ2v) is 2.89. The molecular weight excluding hydrogens is 166 g/mol. The molecule has 13 heavy (non-hydrogen) atoms. The van der Waals surface area contributed by atoms with Crippen molar-refractivity contribution in [1.29, 1.82) is 0 Å². The summed E-state index contributed by atoms with van der Waals surface area (Å²) >= 11 is 0. The van der Waals surface area contributed by atoms with Crippen LogP contribution in [0.15, 0.2) is 12.1 Å². The summed E-state index contributed by atoms with van der Waals surface area (Å²) in [4.78, 5) is 11.3. The Bertz CT molecular complexity index is 347. The number of hydrogen-bond acceptors (Lipinski definition) is 3. The minimum Gasteiger partial charge on any atom is -0.397 e. The highest BCUT2D eigenvalue weighted by molar-refractivity contribution is 6.01. The monoisotopic (exact) mass is 179 g/mol. The number of hydrogen-bond donors (Lipinski definition) is 3. The Morgan fingerprint density at radius 1 is 1.38 bits per heavy atom. The third-order valence-corrected chi connectivity index (χ3v) is 1.83. The van der Waals surface area contributed by atoms with Crippen molar-refractivity contribution >= 4 is 17.3 Å². The molecule has 0 aliphatic heterocycles. The quantitative estimate of drug-likeness (QED) is 0.550. The van der Waals surface area contributed by atoms with Crippen LogP contribution >= 0.6 is 0 Å². The molecule has 0 spiro atoms. The molecule has 0 aliphatic rings. The second kappa shape index (κ2) is 3.35. The second-order valence-electron chi connectivity index (χ2n) is 2.89. The molecule has 0 aromatic heterocycles. The van der Waals surface area contributed by atoms with Crippen molar-refractivity contribution in [2.75, 3.05) is 18.5 Å². The van der Waals surface area contributed by atoms with Gasteiger partial charge in [0.1, 0.15) is 0 Å². The van der Waals surface area contributed by atoms with Gasteiger partial charge in [-0.2, -0.15) is 0 Å². The summed E-state index contributed by atoms with van der Waals surface area (Å²) in [6, 6.07) is 3.45. The predicted molar refractivity (Wildman–Crippen MR) is 53.4 cm³/mol. The minimum absolute atomic E-state index is 0.215. The van der Waals surface area contributed by atoms with Crippen LogP contribution in [-0.2, 0) is 0 Å². The van der Waals surface area contributed by atoms with Gasteiger partial charge in [0.2, 0.25) is 0 Å². The van der Waals surface area contributed by atoms with Gasteiger partial charge in [0.25, 0.3) is 5.91 Å². The van der Waals surface area contributed by atoms with E-state index in [4.69, 9.17) is 11.5 Å². The SMILES string of the molecule is CNC(=O)c1cc(C)cc(N)c1N. The number of nitrogens with one attached hydrogen (secondary N) is 1. The maximum absolute atomic E-state index is 11.3. The molecule has 1 rings (SSSR count). The van der Waals surface area contributed by atoms with Gasteiger partial charge in [-0.3, -0.25) is 4.79 Å². The highest BCUT2D eigenvalue weighted by Gasteiger charge is 2.10. The van der Waals surface area contributed by atoms with Crippen LogP contribution in [0.3, 0.4) is 0 Å². The predicted octanol–water partition coefficient (Wildman–Crippen LogP) is 0.519. The first-order valence-electron chi connectivity index (χ1n) is 3.94. The number of anilines is 2. The topological polar surface area (TPSA) is 81.1 Å². The molecule has 4 nitrogen and oxygen atoms in total. The van der Waals surface area contributed by atoms with E-state index in [2.05, 4.69) is 5.32 Å². The number of aryl methyl sites for hydroxylation is 1. The van der Waals surface area contributed by atoms with Crippen LogP contribution in [0, 0.1) is 6.92 Å². The molecule has 1 aromatic rings. The molecule has 0 heterocycles. The van der Waals surface area contributed by atoms with E-state index in [9.17, 15) is 4.79 Å². The molecule has 1 amide bonds. The molecule has 0 aliphatic carbocycles. The van der Waals surface area contributed by atoms with Gasteiger partial charge in [-0.15, -0.1) is 0 Å². The summed E-state index contributed by atoms with van der Waals surface area (Å²) in [6.07, 6.45) is 0. The number of rotatable bonds is 1. The Morgan fingerprint density at radius 2 is 2.00 bits per heavy atom. The van der Waals surface area contributed by atoms with E-state index in [0.717, 1.165) is 5.56 Å². The fraction of sp³-hybridized carbons (Fsp3) is 0.222. The molecule has 0 bridgehead atoms. The summed E-state index contributed by atoms with van der Waals surface area (Å²) < 4.78 is 0. The molecule has 4 heteroatoms. The fourth-order valence-electron chi connectivity index (χ4n) is 1.15. The average Bonchev–Trinajstić information content (AvgIpc) is 2.10. The zero-order chi connectivity index (χ0) is 10.0. The smallest absolute Gasteiger partial charge is 0.253 e. The number of carbonyl (C=O) groups excluding carboxylic acids is 1. The highest BCUT2D eigenvalue weighted by atomic mass is 16.1. The van der Waals surface area contributed by atoms with E-state index >= 15 is 0 Å². The van der Waals surface area contributed by atoms with Crippen LogP contribution in [0.2, 0.25) is 0 Å². The molecule has 0 unspecified atom stereocenters. The van der Waals surface area contributed by atoms with Crippen molar-refractivity contribution in [2.24, 2.45) is 0 Å². The number of amides is 1. The average molecular weight is 179 g/mol. The molecule has 70 valence electrons. The van der Waals surface area contributed by atoms with Crippen molar-refractivity contribution in [3.05, 3.63) is 23.3 Å². The van der Waals surface area contributed by atoms with Gasteiger partial charge in [0.05, 0.1) is 16.9 Å². The van der Waals surface area contributed by atoms with Crippen molar-refractivity contribution in [3.8, 4) is 0 Å². The van der Waals surface area contributed by atoms with Gasteiger partial charge in [-0.1, -0.05) is 0 Å². The molecular formula is C9H13N3O. The third-order valence-electron chi connectivity index (χ3n) is 1.83. The molecule has 5 N–H and O–H groups in total. The fourth-order valence-corrected chi connectivity index (χ4v) is 1.15. The summed E-state index contributed by atoms with van der Waals surface area (Å²) in [6.45, 7) is 1.86. The van der Waals surface area contributed by atoms with Crippen LogP contribution in [0.5, 0.6) is 0 Å². The lowest BCUT2D eigenvalue weighted by atomic mass is 10.1. The van der Waals surface area contributed by atoms with Crippen LogP contribution in [-0.4, -0.2) is 13.0 Å². The van der Waals surface area contributed by atoms with E-state index < -0.39 is 0 Å². The van der Waals surface area contributed by atoms with Crippen molar-refractivity contribution in [1.82, 2.24) is 5.32 Å². The van der Waals surface area contributed by atoms with Gasteiger partial charge in [0.15, 0.2) is 0 Å². The lowest BCUT2D eigenvalue weighted by Gasteiger charge is -2.08. The zero-order valence-electron chi connectivity index (χ0n) is 7.72. The first-order chi connectivity index (χ1) is 6.06. The van der Waals surface area contributed by atoms with Crippen LogP contribution in [0.25, 0.3) is 0 Å². The highest BCUT2D eigenvalue weighted by Crippen LogP contribution is 2.21. The maximum Gasteiger partial charge on any atom is 0.253 e. The minimum atomic E-state index is -0.215. The molecule has 0 saturated heterocycles. The summed E-state index contributed by atoms with van der Waals surface area (Å²) in [5, 5.41) is 2.50. The molecule has 0 fully saturated rings. The van der Waals surface area contributed by atoms with E-state index in [-0.39, 0.29) is 5.91 Å². The summed E-state index contributed by atoms with van der Waals surface area (Å²) in [5.74, 6) is -0.215. The molecule has 1 aromatic carbocycles. The van der Waals surface area contributed by atoms with E-state index in [1.54, 1.807) is 19.2 Å². The molecule has 0 atom stereocenters. The normalized spacial score (nSPS) is 9.69. The Hall–Kier alpha value is -1.71. The number of nitrogen functional groups attached to an aromatic ring is 2. The maximum atomic E-state index is 11.3. The molecule has 0 saturated carbocycles. The van der Waals surface area contributed by atoms with Crippen molar-refractivity contribution in [3.63, 3.8) is 0 Å². The third kappa shape index (κ3) is 1.72. The number of carbonyl (C=O) groups is 1. The van der Waals surface area contributed by atoms with E-state index in [1.807, 2.05) is 6.92 Å². The Balaban J connectivity index is 3.28. The first kappa shape index (κ1) is 9.38. The first-order valence-corrected chi connectivity index (χ1v) is 3.94. The Labute approximate surface area is 76.9 Å². The largest absolute Gasteiger partial charge is 0.397 e. The standard InChI is InChI=1S/C9H13N3O/c1-5-3-6(9(13)12-2)8(11)7(10)4-5/h3-4H,10-11H2,1-2H3,(H,12,13). The van der Waals surface area contributed by atoms with Gasteiger partial charge in [0, 0.05) is 7.05 Å². The van der Waals surface area contributed by atoms with Crippen LogP contribution < -0.4 is 16.8 Å².